The fourth-order valence-corrected chi connectivity index (χ4v) is 3.66. The first-order valence-corrected chi connectivity index (χ1v) is 10.1. The Bertz CT molecular complexity index is 795. The number of nitrogens with one attached hydrogen (secondary N) is 2. The molecule has 0 bridgehead atoms. The van der Waals surface area contributed by atoms with E-state index >= 15 is 0 Å². The van der Waals surface area contributed by atoms with Gasteiger partial charge in [-0.1, -0.05) is 32.0 Å². The molecule has 144 valence electrons. The van der Waals surface area contributed by atoms with E-state index in [2.05, 4.69) is 84.7 Å². The molecular weight excluding hydrogens is 352 g/mol. The first-order valence-electron chi connectivity index (χ1n) is 9.65. The van der Waals surface area contributed by atoms with Gasteiger partial charge in [-0.15, -0.1) is 0 Å². The number of anilines is 3. The number of rotatable bonds is 4. The fraction of sp³-hybridized carbons (Fsp3) is 0.409. The summed E-state index contributed by atoms with van der Waals surface area (Å²) >= 11 is 5.56. The first-order chi connectivity index (χ1) is 12.9. The summed E-state index contributed by atoms with van der Waals surface area (Å²) in [5.74, 6) is 0.445. The molecule has 0 amide bonds. The van der Waals surface area contributed by atoms with Gasteiger partial charge in [0.05, 0.1) is 0 Å². The highest BCUT2D eigenvalue weighted by Crippen LogP contribution is 2.26. The van der Waals surface area contributed by atoms with Crippen LogP contribution in [-0.2, 0) is 0 Å². The zero-order valence-electron chi connectivity index (χ0n) is 16.7. The second-order valence-electron chi connectivity index (χ2n) is 7.61. The molecule has 5 heteroatoms. The highest BCUT2D eigenvalue weighted by Gasteiger charge is 2.15. The Kier molecular flexibility index (Phi) is 6.34. The summed E-state index contributed by atoms with van der Waals surface area (Å²) in [5.41, 5.74) is 5.87. The zero-order chi connectivity index (χ0) is 19.4. The van der Waals surface area contributed by atoms with Gasteiger partial charge in [-0.3, -0.25) is 0 Å². The van der Waals surface area contributed by atoms with Crippen LogP contribution >= 0.6 is 12.2 Å². The van der Waals surface area contributed by atoms with Crippen LogP contribution in [0.1, 0.15) is 30.9 Å². The Morgan fingerprint density at radius 1 is 0.963 bits per heavy atom. The number of para-hydroxylation sites is 1. The molecule has 0 unspecified atom stereocenters. The highest BCUT2D eigenvalue weighted by atomic mass is 32.1. The lowest BCUT2D eigenvalue weighted by molar-refractivity contribution is 0.313. The van der Waals surface area contributed by atoms with Crippen molar-refractivity contribution in [3.8, 4) is 0 Å². The summed E-state index contributed by atoms with van der Waals surface area (Å²) in [6.45, 7) is 10.9. The third-order valence-corrected chi connectivity index (χ3v) is 5.36. The van der Waals surface area contributed by atoms with Gasteiger partial charge in [0.15, 0.2) is 5.11 Å². The average molecular weight is 383 g/mol. The second-order valence-corrected chi connectivity index (χ2v) is 8.02. The second kappa shape index (κ2) is 8.72. The van der Waals surface area contributed by atoms with Gasteiger partial charge in [0.1, 0.15) is 0 Å². The Morgan fingerprint density at radius 3 is 2.30 bits per heavy atom. The molecule has 0 aromatic heterocycles. The molecule has 0 saturated carbocycles. The molecule has 2 N–H and O–H groups in total. The third kappa shape index (κ3) is 4.99. The number of aryl methyl sites for hydroxylation is 1. The lowest BCUT2D eigenvalue weighted by Crippen LogP contribution is -2.44. The van der Waals surface area contributed by atoms with Crippen molar-refractivity contribution in [2.45, 2.75) is 26.7 Å². The molecule has 1 fully saturated rings. The average Bonchev–Trinajstić information content (AvgIpc) is 2.64. The topological polar surface area (TPSA) is 30.5 Å². The monoisotopic (exact) mass is 382 g/mol. The molecule has 0 radical (unpaired) electrons. The first kappa shape index (κ1) is 19.6. The van der Waals surface area contributed by atoms with Gasteiger partial charge >= 0.3 is 0 Å². The third-order valence-electron chi connectivity index (χ3n) is 5.16. The Hall–Kier alpha value is -2.11. The quantitative estimate of drug-likeness (QED) is 0.750. The predicted octanol–water partition coefficient (Wildman–Crippen LogP) is 4.68. The number of hydrogen-bond acceptors (Lipinski definition) is 3. The van der Waals surface area contributed by atoms with E-state index < -0.39 is 0 Å². The summed E-state index contributed by atoms with van der Waals surface area (Å²) in [7, 11) is 2.18. The molecule has 4 nitrogen and oxygen atoms in total. The molecule has 0 spiro atoms. The van der Waals surface area contributed by atoms with Crippen LogP contribution in [0.4, 0.5) is 17.1 Å². The Labute approximate surface area is 168 Å². The number of piperazine rings is 1. The maximum atomic E-state index is 5.56. The molecule has 2 aromatic rings. The van der Waals surface area contributed by atoms with Crippen LogP contribution in [-0.4, -0.2) is 43.2 Å². The van der Waals surface area contributed by atoms with Crippen LogP contribution < -0.4 is 15.5 Å². The molecule has 0 aliphatic carbocycles. The van der Waals surface area contributed by atoms with Crippen LogP contribution in [0, 0.1) is 6.92 Å². The van der Waals surface area contributed by atoms with Crippen molar-refractivity contribution in [1.82, 2.24) is 4.90 Å². The molecule has 3 rings (SSSR count). The summed E-state index contributed by atoms with van der Waals surface area (Å²) in [4.78, 5) is 4.82. The maximum Gasteiger partial charge on any atom is 0.175 e. The standard InChI is InChI=1S/C22H30N4S/c1-16(2)19-7-5-6-8-21(19)24-22(27)23-20-10-9-18(15-17(20)3)26-13-11-25(4)12-14-26/h5-10,15-16H,11-14H2,1-4H3,(H2,23,24,27). The van der Waals surface area contributed by atoms with Crippen molar-refractivity contribution >= 4 is 34.4 Å². The SMILES string of the molecule is Cc1cc(N2CCN(C)CC2)ccc1NC(=S)Nc1ccccc1C(C)C. The Balaban J connectivity index is 1.66. The predicted molar refractivity (Wildman–Crippen MR) is 121 cm³/mol. The molecule has 27 heavy (non-hydrogen) atoms. The number of nitrogens with zero attached hydrogens (tertiary/aromatic N) is 2. The lowest BCUT2D eigenvalue weighted by Gasteiger charge is -2.34. The minimum absolute atomic E-state index is 0.445. The van der Waals surface area contributed by atoms with E-state index in [1.165, 1.54) is 16.8 Å². The summed E-state index contributed by atoms with van der Waals surface area (Å²) in [6.07, 6.45) is 0. The van der Waals surface area contributed by atoms with Crippen molar-refractivity contribution in [2.75, 3.05) is 48.8 Å². The van der Waals surface area contributed by atoms with Crippen molar-refractivity contribution in [1.29, 1.82) is 0 Å². The van der Waals surface area contributed by atoms with E-state index in [1.54, 1.807) is 0 Å². The minimum Gasteiger partial charge on any atom is -0.369 e. The van der Waals surface area contributed by atoms with Crippen molar-refractivity contribution in [3.05, 3.63) is 53.6 Å². The molecular formula is C22H30N4S. The normalized spacial score (nSPS) is 15.1. The van der Waals surface area contributed by atoms with Gasteiger partial charge in [0, 0.05) is 43.2 Å². The van der Waals surface area contributed by atoms with E-state index in [4.69, 9.17) is 12.2 Å². The van der Waals surface area contributed by atoms with Gasteiger partial charge in [-0.25, -0.2) is 0 Å². The van der Waals surface area contributed by atoms with Crippen molar-refractivity contribution in [2.24, 2.45) is 0 Å². The van der Waals surface area contributed by atoms with Crippen molar-refractivity contribution in [3.63, 3.8) is 0 Å². The Morgan fingerprint density at radius 2 is 1.63 bits per heavy atom. The van der Waals surface area contributed by atoms with Crippen LogP contribution in [0.2, 0.25) is 0 Å². The number of likely N-dealkylation sites (N-methyl/N-ethyl adjacent to an activating group) is 1. The number of hydrogen-bond donors (Lipinski definition) is 2. The van der Waals surface area contributed by atoms with Gasteiger partial charge in [-0.05, 0) is 67.5 Å². The molecule has 1 saturated heterocycles. The minimum atomic E-state index is 0.445. The highest BCUT2D eigenvalue weighted by molar-refractivity contribution is 7.80. The van der Waals surface area contributed by atoms with E-state index in [0.29, 0.717) is 11.0 Å². The number of benzene rings is 2. The molecule has 2 aromatic carbocycles. The van der Waals surface area contributed by atoms with Gasteiger partial charge < -0.3 is 20.4 Å². The van der Waals surface area contributed by atoms with Crippen molar-refractivity contribution < 1.29 is 0 Å². The fourth-order valence-electron chi connectivity index (χ4n) is 3.44. The largest absolute Gasteiger partial charge is 0.369 e. The van der Waals surface area contributed by atoms with Gasteiger partial charge in [0.25, 0.3) is 0 Å². The van der Waals surface area contributed by atoms with E-state index in [-0.39, 0.29) is 0 Å². The molecule has 1 aliphatic heterocycles. The molecule has 0 atom stereocenters. The smallest absolute Gasteiger partial charge is 0.175 e. The zero-order valence-corrected chi connectivity index (χ0v) is 17.6. The molecule has 1 aliphatic rings. The van der Waals surface area contributed by atoms with Crippen LogP contribution in [0.5, 0.6) is 0 Å². The number of thiocarbonyl (C=S) groups is 1. The van der Waals surface area contributed by atoms with Crippen LogP contribution in [0.25, 0.3) is 0 Å². The van der Waals surface area contributed by atoms with E-state index in [1.807, 2.05) is 6.07 Å². The summed E-state index contributed by atoms with van der Waals surface area (Å²) < 4.78 is 0. The van der Waals surface area contributed by atoms with E-state index in [9.17, 15) is 0 Å². The van der Waals surface area contributed by atoms with Gasteiger partial charge in [0.2, 0.25) is 0 Å². The van der Waals surface area contributed by atoms with Crippen LogP contribution in [0.3, 0.4) is 0 Å². The van der Waals surface area contributed by atoms with Crippen LogP contribution in [0.15, 0.2) is 42.5 Å². The van der Waals surface area contributed by atoms with E-state index in [0.717, 1.165) is 37.6 Å². The lowest BCUT2D eigenvalue weighted by atomic mass is 10.0. The summed E-state index contributed by atoms with van der Waals surface area (Å²) in [5, 5.41) is 7.33. The maximum absolute atomic E-state index is 5.56. The van der Waals surface area contributed by atoms with Gasteiger partial charge in [-0.2, -0.15) is 0 Å². The molecule has 1 heterocycles. The summed E-state index contributed by atoms with van der Waals surface area (Å²) in [6, 6.07) is 14.9.